The lowest BCUT2D eigenvalue weighted by molar-refractivity contribution is -0.122. The molecule has 0 aliphatic rings. The third-order valence-electron chi connectivity index (χ3n) is 2.35. The lowest BCUT2D eigenvalue weighted by atomic mass is 10.3. The van der Waals surface area contributed by atoms with Crippen LogP contribution in [0.3, 0.4) is 0 Å². The van der Waals surface area contributed by atoms with Crippen LogP contribution in [-0.4, -0.2) is 47.8 Å². The molecule has 0 aliphatic heterocycles. The van der Waals surface area contributed by atoms with E-state index < -0.39 is 16.1 Å². The maximum Gasteiger partial charge on any atom is 0.237 e. The van der Waals surface area contributed by atoms with E-state index in [0.717, 1.165) is 0 Å². The van der Waals surface area contributed by atoms with Crippen LogP contribution < -0.4 is 10.0 Å². The molecule has 8 nitrogen and oxygen atoms in total. The fraction of sp³-hybridized carbons (Fsp3) is 0.700. The molecule has 0 bridgehead atoms. The first-order valence-electron chi connectivity index (χ1n) is 6.06. The van der Waals surface area contributed by atoms with Crippen molar-refractivity contribution in [1.29, 1.82) is 0 Å². The number of carbonyl (C=O) groups excluding carboxylic acids is 1. The molecule has 0 saturated carbocycles. The van der Waals surface area contributed by atoms with Crippen molar-refractivity contribution >= 4 is 15.9 Å². The number of hydrogen-bond acceptors (Lipinski definition) is 5. The van der Waals surface area contributed by atoms with E-state index in [2.05, 4.69) is 25.2 Å². The van der Waals surface area contributed by atoms with Crippen molar-refractivity contribution in [3.8, 4) is 0 Å². The Labute approximate surface area is 112 Å². The maximum atomic E-state index is 11.7. The number of hydrogen-bond donors (Lipinski definition) is 3. The first kappa shape index (κ1) is 15.6. The van der Waals surface area contributed by atoms with Gasteiger partial charge in [0.25, 0.3) is 0 Å². The quantitative estimate of drug-likeness (QED) is 0.578. The molecule has 0 aliphatic carbocycles. The molecule has 1 amide bonds. The van der Waals surface area contributed by atoms with Gasteiger partial charge in [-0.15, -0.1) is 0 Å². The smallest absolute Gasteiger partial charge is 0.237 e. The first-order chi connectivity index (χ1) is 8.94. The number of H-pyrrole nitrogens is 1. The van der Waals surface area contributed by atoms with Crippen LogP contribution in [0, 0.1) is 0 Å². The SMILES string of the molecule is CCCS(=O)(=O)NC(C)C(=O)NCCc1ncn[nH]1. The molecule has 0 aromatic carbocycles. The van der Waals surface area contributed by atoms with Gasteiger partial charge in [0.1, 0.15) is 12.2 Å². The molecule has 0 fully saturated rings. The molecule has 1 aromatic heterocycles. The fourth-order valence-corrected chi connectivity index (χ4v) is 2.76. The van der Waals surface area contributed by atoms with Gasteiger partial charge in [0.2, 0.25) is 15.9 Å². The topological polar surface area (TPSA) is 117 Å². The van der Waals surface area contributed by atoms with Crippen molar-refractivity contribution in [2.24, 2.45) is 0 Å². The number of rotatable bonds is 8. The number of aromatic nitrogens is 3. The van der Waals surface area contributed by atoms with E-state index in [-0.39, 0.29) is 11.7 Å². The molecular weight excluding hydrogens is 270 g/mol. The summed E-state index contributed by atoms with van der Waals surface area (Å²) in [6, 6.07) is -0.786. The van der Waals surface area contributed by atoms with Gasteiger partial charge in [-0.05, 0) is 13.3 Å². The Morgan fingerprint density at radius 2 is 2.26 bits per heavy atom. The van der Waals surface area contributed by atoms with Crippen LogP contribution in [-0.2, 0) is 21.2 Å². The highest BCUT2D eigenvalue weighted by Gasteiger charge is 2.19. The molecule has 1 heterocycles. The molecule has 19 heavy (non-hydrogen) atoms. The summed E-state index contributed by atoms with van der Waals surface area (Å²) in [4.78, 5) is 15.6. The van der Waals surface area contributed by atoms with Crippen molar-refractivity contribution in [3.63, 3.8) is 0 Å². The second-order valence-electron chi connectivity index (χ2n) is 4.13. The highest BCUT2D eigenvalue weighted by molar-refractivity contribution is 7.89. The van der Waals surface area contributed by atoms with E-state index >= 15 is 0 Å². The molecule has 1 rings (SSSR count). The lowest BCUT2D eigenvalue weighted by Gasteiger charge is -2.13. The predicted molar refractivity (Wildman–Crippen MR) is 69.8 cm³/mol. The summed E-state index contributed by atoms with van der Waals surface area (Å²) in [6.07, 6.45) is 2.41. The minimum atomic E-state index is -3.38. The summed E-state index contributed by atoms with van der Waals surface area (Å²) >= 11 is 0. The number of carbonyl (C=O) groups is 1. The van der Waals surface area contributed by atoms with Gasteiger partial charge in [0.15, 0.2) is 0 Å². The van der Waals surface area contributed by atoms with E-state index in [0.29, 0.717) is 25.2 Å². The van der Waals surface area contributed by atoms with E-state index in [9.17, 15) is 13.2 Å². The zero-order chi connectivity index (χ0) is 14.3. The second kappa shape index (κ2) is 7.19. The van der Waals surface area contributed by atoms with E-state index in [1.54, 1.807) is 6.92 Å². The number of sulfonamides is 1. The third-order valence-corrected chi connectivity index (χ3v) is 4.01. The summed E-state index contributed by atoms with van der Waals surface area (Å²) in [5.41, 5.74) is 0. The predicted octanol–water partition coefficient (Wildman–Crippen LogP) is -0.819. The monoisotopic (exact) mass is 289 g/mol. The highest BCUT2D eigenvalue weighted by atomic mass is 32.2. The molecule has 108 valence electrons. The van der Waals surface area contributed by atoms with Crippen LogP contribution in [0.25, 0.3) is 0 Å². The average molecular weight is 289 g/mol. The summed E-state index contributed by atoms with van der Waals surface area (Å²) < 4.78 is 25.3. The van der Waals surface area contributed by atoms with E-state index in [1.807, 2.05) is 0 Å². The molecule has 0 saturated heterocycles. The van der Waals surface area contributed by atoms with Crippen LogP contribution in [0.5, 0.6) is 0 Å². The number of nitrogens with one attached hydrogen (secondary N) is 3. The molecule has 3 N–H and O–H groups in total. The molecule has 0 spiro atoms. The van der Waals surface area contributed by atoms with Crippen molar-refractivity contribution in [2.45, 2.75) is 32.7 Å². The van der Waals surface area contributed by atoms with Gasteiger partial charge in [0, 0.05) is 13.0 Å². The average Bonchev–Trinajstić information content (AvgIpc) is 2.81. The van der Waals surface area contributed by atoms with Crippen LogP contribution in [0.4, 0.5) is 0 Å². The minimum absolute atomic E-state index is 0.0166. The molecule has 1 atom stereocenters. The molecule has 1 aromatic rings. The second-order valence-corrected chi connectivity index (χ2v) is 6.01. The van der Waals surface area contributed by atoms with Crippen molar-refractivity contribution in [3.05, 3.63) is 12.2 Å². The largest absolute Gasteiger partial charge is 0.354 e. The van der Waals surface area contributed by atoms with Gasteiger partial charge in [-0.25, -0.2) is 18.1 Å². The molecule has 0 radical (unpaired) electrons. The summed E-state index contributed by atoms with van der Waals surface area (Å²) in [5.74, 6) is 0.321. The van der Waals surface area contributed by atoms with Crippen LogP contribution in [0.2, 0.25) is 0 Å². The van der Waals surface area contributed by atoms with E-state index in [4.69, 9.17) is 0 Å². The van der Waals surface area contributed by atoms with Crippen LogP contribution in [0.1, 0.15) is 26.1 Å². The lowest BCUT2D eigenvalue weighted by Crippen LogP contribution is -2.45. The Balaban J connectivity index is 2.32. The Hall–Kier alpha value is -1.48. The standard InChI is InChI=1S/C10H19N5O3S/c1-3-6-19(17,18)15-8(2)10(16)11-5-4-9-12-7-13-14-9/h7-8,15H,3-6H2,1-2H3,(H,11,16)(H,12,13,14). The molecule has 9 heteroatoms. The number of aromatic amines is 1. The molecule has 1 unspecified atom stereocenters. The van der Waals surface area contributed by atoms with Crippen molar-refractivity contribution in [2.75, 3.05) is 12.3 Å². The zero-order valence-corrected chi connectivity index (χ0v) is 11.8. The Bertz CT molecular complexity index is 485. The van der Waals surface area contributed by atoms with Gasteiger partial charge in [-0.1, -0.05) is 6.92 Å². The normalized spacial score (nSPS) is 13.2. The van der Waals surface area contributed by atoms with E-state index in [1.165, 1.54) is 13.3 Å². The molecular formula is C10H19N5O3S. The van der Waals surface area contributed by atoms with Gasteiger partial charge in [-0.3, -0.25) is 9.89 Å². The highest BCUT2D eigenvalue weighted by Crippen LogP contribution is 1.93. The van der Waals surface area contributed by atoms with Crippen molar-refractivity contribution < 1.29 is 13.2 Å². The maximum absolute atomic E-state index is 11.7. The number of amides is 1. The zero-order valence-electron chi connectivity index (χ0n) is 11.0. The first-order valence-corrected chi connectivity index (χ1v) is 7.72. The van der Waals surface area contributed by atoms with Gasteiger partial charge < -0.3 is 5.32 Å². The Kier molecular flexibility index (Phi) is 5.90. The minimum Gasteiger partial charge on any atom is -0.354 e. The summed E-state index contributed by atoms with van der Waals surface area (Å²) in [5, 5.41) is 8.99. The van der Waals surface area contributed by atoms with Gasteiger partial charge in [-0.2, -0.15) is 5.10 Å². The van der Waals surface area contributed by atoms with Gasteiger partial charge in [0.05, 0.1) is 11.8 Å². The van der Waals surface area contributed by atoms with Crippen LogP contribution in [0.15, 0.2) is 6.33 Å². The third kappa shape index (κ3) is 5.79. The Morgan fingerprint density at radius 1 is 1.53 bits per heavy atom. The summed E-state index contributed by atoms with van der Waals surface area (Å²) in [6.45, 7) is 3.65. The van der Waals surface area contributed by atoms with Crippen molar-refractivity contribution in [1.82, 2.24) is 25.2 Å². The number of nitrogens with zero attached hydrogens (tertiary/aromatic N) is 2. The van der Waals surface area contributed by atoms with Crippen LogP contribution >= 0.6 is 0 Å². The van der Waals surface area contributed by atoms with Gasteiger partial charge >= 0.3 is 0 Å². The fourth-order valence-electron chi connectivity index (χ4n) is 1.46. The summed E-state index contributed by atoms with van der Waals surface area (Å²) in [7, 11) is -3.38. The Morgan fingerprint density at radius 3 is 2.84 bits per heavy atom.